The van der Waals surface area contributed by atoms with Crippen LogP contribution in [0.15, 0.2) is 54.7 Å². The van der Waals surface area contributed by atoms with E-state index in [1.807, 2.05) is 0 Å². The summed E-state index contributed by atoms with van der Waals surface area (Å²) in [6, 6.07) is 12.2. The van der Waals surface area contributed by atoms with Crippen LogP contribution in [0.5, 0.6) is 0 Å². The summed E-state index contributed by atoms with van der Waals surface area (Å²) >= 11 is 0. The third-order valence-corrected chi connectivity index (χ3v) is 4.65. The number of halogens is 4. The maximum Gasteiger partial charge on any atom is 0.405 e. The number of nitrogens with zero attached hydrogens (tertiary/aromatic N) is 2. The highest BCUT2D eigenvalue weighted by Gasteiger charge is 2.28. The normalized spacial score (nSPS) is 11.4. The molecule has 0 spiro atoms. The molecule has 0 unspecified atom stereocenters. The van der Waals surface area contributed by atoms with E-state index in [9.17, 15) is 22.4 Å². The van der Waals surface area contributed by atoms with Crippen LogP contribution in [-0.2, 0) is 0 Å². The molecule has 2 aromatic rings. The molecule has 33 heavy (non-hydrogen) atoms. The van der Waals surface area contributed by atoms with Gasteiger partial charge in [-0.3, -0.25) is 4.79 Å². The van der Waals surface area contributed by atoms with Crippen molar-refractivity contribution in [1.29, 1.82) is 0 Å². The quantitative estimate of drug-likeness (QED) is 0.293. The number of aromatic amines is 1. The molecule has 11 heteroatoms. The van der Waals surface area contributed by atoms with Crippen LogP contribution in [0.3, 0.4) is 0 Å². The average molecular weight is 458 g/mol. The van der Waals surface area contributed by atoms with Gasteiger partial charge in [-0.05, 0) is 55.0 Å². The van der Waals surface area contributed by atoms with Gasteiger partial charge >= 0.3 is 6.18 Å². The van der Waals surface area contributed by atoms with Crippen LogP contribution in [0.2, 0.25) is 0 Å². The molecule has 0 saturated carbocycles. The minimum Gasteiger partial charge on any atom is -0.360 e. The van der Waals surface area contributed by atoms with Crippen molar-refractivity contribution in [2.45, 2.75) is 13.1 Å². The van der Waals surface area contributed by atoms with E-state index >= 15 is 0 Å². The first-order chi connectivity index (χ1) is 15.7. The van der Waals surface area contributed by atoms with Crippen LogP contribution in [0.1, 0.15) is 15.9 Å². The molecule has 0 atom stereocenters. The number of carbonyl (C=O) groups is 1. The monoisotopic (exact) mass is 458 g/mol. The molecule has 0 radical (unpaired) electrons. The van der Waals surface area contributed by atoms with Gasteiger partial charge in [-0.15, -0.1) is 0 Å². The molecular formula is C22H18F4N6O. The summed E-state index contributed by atoms with van der Waals surface area (Å²) in [6.07, 6.45) is -2.95. The first-order valence-electron chi connectivity index (χ1n) is 9.78. The van der Waals surface area contributed by atoms with Gasteiger partial charge in [0.15, 0.2) is 0 Å². The summed E-state index contributed by atoms with van der Waals surface area (Å²) in [5, 5.41) is 7.72. The number of hydrogen-bond acceptors (Lipinski definition) is 5. The molecule has 7 nitrogen and oxygen atoms in total. The minimum absolute atomic E-state index is 0.0252. The molecule has 0 aliphatic carbocycles. The fourth-order valence-electron chi connectivity index (χ4n) is 3.07. The molecule has 2 aliphatic heterocycles. The number of rotatable bonds is 6. The number of carbonyl (C=O) groups excluding carboxylic acids is 1. The number of aryl methyl sites for hydroxylation is 1. The van der Waals surface area contributed by atoms with E-state index in [1.54, 1.807) is 31.2 Å². The maximum absolute atomic E-state index is 14.0. The van der Waals surface area contributed by atoms with Gasteiger partial charge < -0.3 is 20.9 Å². The van der Waals surface area contributed by atoms with Gasteiger partial charge in [0.2, 0.25) is 5.95 Å². The number of aromatic nitrogens is 3. The lowest BCUT2D eigenvalue weighted by atomic mass is 10.1. The zero-order valence-corrected chi connectivity index (χ0v) is 17.2. The van der Waals surface area contributed by atoms with Gasteiger partial charge in [0.1, 0.15) is 24.0 Å². The molecule has 4 N–H and O–H groups in total. The standard InChI is InChI=1S/C22H18F4N6O/c1-12-2-7-17(16(23)10-12)30-20(33)13-3-5-14(6-4-13)29-21-31-18-15(8-9-27-18)19(32-21)28-11-22(24,25)26/h2-10H,11H2,1H3,(H,30,33)(H3,27,28,29,31,32). The molecule has 170 valence electrons. The van der Waals surface area contributed by atoms with E-state index in [0.717, 1.165) is 5.56 Å². The predicted molar refractivity (Wildman–Crippen MR) is 116 cm³/mol. The number of fused-ring (bicyclic) bond motifs is 1. The Bertz CT molecular complexity index is 1250. The smallest absolute Gasteiger partial charge is 0.360 e. The SMILES string of the molecule is Cc1ccc(NC(=O)c2ccc(Nc3nc(NCC(F)(F)F)c4ccnc-4[nH]3)cc2)c(F)c1. The zero-order valence-electron chi connectivity index (χ0n) is 17.2. The molecule has 0 aromatic heterocycles. The Kier molecular flexibility index (Phi) is 5.86. The van der Waals surface area contributed by atoms with Crippen molar-refractivity contribution in [3.05, 3.63) is 71.7 Å². The Morgan fingerprint density at radius 2 is 1.85 bits per heavy atom. The molecule has 0 bridgehead atoms. The van der Waals surface area contributed by atoms with Gasteiger partial charge in [0.25, 0.3) is 5.91 Å². The highest BCUT2D eigenvalue weighted by molar-refractivity contribution is 6.04. The lowest BCUT2D eigenvalue weighted by Gasteiger charge is -2.14. The van der Waals surface area contributed by atoms with Crippen molar-refractivity contribution in [3.63, 3.8) is 0 Å². The number of amides is 1. The maximum atomic E-state index is 14.0. The van der Waals surface area contributed by atoms with Crippen molar-refractivity contribution in [1.82, 2.24) is 15.0 Å². The molecule has 0 fully saturated rings. The van der Waals surface area contributed by atoms with E-state index in [4.69, 9.17) is 0 Å². The largest absolute Gasteiger partial charge is 0.405 e. The van der Waals surface area contributed by atoms with Crippen LogP contribution in [0.4, 0.5) is 40.7 Å². The summed E-state index contributed by atoms with van der Waals surface area (Å²) < 4.78 is 51.8. The van der Waals surface area contributed by atoms with E-state index in [-0.39, 0.29) is 23.0 Å². The van der Waals surface area contributed by atoms with Crippen molar-refractivity contribution in [3.8, 4) is 11.4 Å². The molecule has 2 aromatic carbocycles. The number of alkyl halides is 3. The summed E-state index contributed by atoms with van der Waals surface area (Å²) in [7, 11) is 0. The molecule has 1 amide bonds. The second-order valence-electron chi connectivity index (χ2n) is 7.25. The van der Waals surface area contributed by atoms with E-state index in [0.29, 0.717) is 17.1 Å². The fourth-order valence-corrected chi connectivity index (χ4v) is 3.07. The summed E-state index contributed by atoms with van der Waals surface area (Å²) in [5.41, 5.74) is 2.03. The molecule has 4 rings (SSSR count). The molecular weight excluding hydrogens is 440 g/mol. The van der Waals surface area contributed by atoms with Gasteiger partial charge in [-0.2, -0.15) is 18.2 Å². The average Bonchev–Trinajstić information content (AvgIpc) is 3.23. The number of anilines is 4. The topological polar surface area (TPSA) is 94.7 Å². The van der Waals surface area contributed by atoms with Crippen molar-refractivity contribution >= 4 is 29.0 Å². The van der Waals surface area contributed by atoms with Crippen LogP contribution >= 0.6 is 0 Å². The lowest BCUT2D eigenvalue weighted by molar-refractivity contribution is -0.115. The highest BCUT2D eigenvalue weighted by atomic mass is 19.4. The number of H-pyrrole nitrogens is 1. The van der Waals surface area contributed by atoms with Gasteiger partial charge in [0, 0.05) is 17.4 Å². The number of hydrogen-bond donors (Lipinski definition) is 4. The number of nitrogens with one attached hydrogen (secondary N) is 4. The van der Waals surface area contributed by atoms with Crippen molar-refractivity contribution in [2.75, 3.05) is 22.5 Å². The molecule has 0 saturated heterocycles. The van der Waals surface area contributed by atoms with E-state index in [2.05, 4.69) is 30.9 Å². The van der Waals surface area contributed by atoms with E-state index in [1.165, 1.54) is 30.5 Å². The summed E-state index contributed by atoms with van der Waals surface area (Å²) in [5.74, 6) is -0.486. The van der Waals surface area contributed by atoms with Gasteiger partial charge in [0.05, 0.1) is 11.3 Å². The Balaban J connectivity index is 1.48. The molecule has 2 heterocycles. The zero-order chi connectivity index (χ0) is 23.6. The second-order valence-corrected chi connectivity index (χ2v) is 7.25. The third-order valence-electron chi connectivity index (χ3n) is 4.65. The van der Waals surface area contributed by atoms with Crippen LogP contribution < -0.4 is 16.0 Å². The van der Waals surface area contributed by atoms with Crippen molar-refractivity contribution < 1.29 is 22.4 Å². The lowest BCUT2D eigenvalue weighted by Crippen LogP contribution is -2.22. The Morgan fingerprint density at radius 3 is 2.55 bits per heavy atom. The summed E-state index contributed by atoms with van der Waals surface area (Å²) in [6.45, 7) is 0.503. The third kappa shape index (κ3) is 5.37. The van der Waals surface area contributed by atoms with Gasteiger partial charge in [-0.25, -0.2) is 9.37 Å². The second kappa shape index (κ2) is 8.77. The Labute approximate surface area is 185 Å². The first kappa shape index (κ1) is 22.1. The number of benzene rings is 2. The Morgan fingerprint density at radius 1 is 1.09 bits per heavy atom. The van der Waals surface area contributed by atoms with Gasteiger partial charge in [-0.1, -0.05) is 6.07 Å². The first-order valence-corrected chi connectivity index (χ1v) is 9.78. The molecule has 2 aliphatic rings. The Hall–Kier alpha value is -4.15. The van der Waals surface area contributed by atoms with Crippen LogP contribution in [0, 0.1) is 12.7 Å². The predicted octanol–water partition coefficient (Wildman–Crippen LogP) is 5.33. The van der Waals surface area contributed by atoms with Crippen LogP contribution in [-0.4, -0.2) is 33.6 Å². The highest BCUT2D eigenvalue weighted by Crippen LogP contribution is 2.29. The van der Waals surface area contributed by atoms with E-state index < -0.39 is 24.4 Å². The summed E-state index contributed by atoms with van der Waals surface area (Å²) in [4.78, 5) is 23.5. The minimum atomic E-state index is -4.40. The van der Waals surface area contributed by atoms with Crippen LogP contribution in [0.25, 0.3) is 11.4 Å². The van der Waals surface area contributed by atoms with Crippen molar-refractivity contribution in [2.24, 2.45) is 0 Å². The fraction of sp³-hybridized carbons (Fsp3) is 0.136.